The lowest BCUT2D eigenvalue weighted by Crippen LogP contribution is -2.41. The minimum absolute atomic E-state index is 0.210. The summed E-state index contributed by atoms with van der Waals surface area (Å²) in [4.78, 5) is 14.8. The van der Waals surface area contributed by atoms with Crippen molar-refractivity contribution in [3.63, 3.8) is 0 Å². The number of nitrogens with one attached hydrogen (secondary N) is 1. The Hall–Kier alpha value is -1.27. The summed E-state index contributed by atoms with van der Waals surface area (Å²) in [6.07, 6.45) is 2.04. The highest BCUT2D eigenvalue weighted by Gasteiger charge is 2.54. The number of aromatic amines is 1. The molecule has 0 amide bonds. The van der Waals surface area contributed by atoms with Gasteiger partial charge in [-0.15, -0.1) is 0 Å². The average Bonchev–Trinajstić information content (AvgIpc) is 2.93. The summed E-state index contributed by atoms with van der Waals surface area (Å²) in [5.74, 6) is -0.488. The van der Waals surface area contributed by atoms with Crippen molar-refractivity contribution in [3.05, 3.63) is 24.0 Å². The molecule has 0 radical (unpaired) electrons. The Morgan fingerprint density at radius 2 is 1.95 bits per heavy atom. The van der Waals surface area contributed by atoms with Crippen LogP contribution >= 0.6 is 0 Å². The molecule has 5 nitrogen and oxygen atoms in total. The number of H-pyrrole nitrogens is 1. The molecule has 6 heteroatoms. The van der Waals surface area contributed by atoms with Crippen LogP contribution in [0.15, 0.2) is 18.3 Å². The first-order valence-electron chi connectivity index (χ1n) is 6.82. The number of carbonyl (C=O) groups is 1. The van der Waals surface area contributed by atoms with E-state index in [2.05, 4.69) is 4.98 Å². The molecule has 2 rings (SSSR count). The number of rotatable bonds is 4. The van der Waals surface area contributed by atoms with E-state index in [1.165, 1.54) is 7.11 Å². The molecule has 1 aromatic rings. The predicted molar refractivity (Wildman–Crippen MR) is 76.2 cm³/mol. The molecular formula is C14H22BNO4. The van der Waals surface area contributed by atoms with Crippen LogP contribution in [0.4, 0.5) is 0 Å². The third-order valence-corrected chi connectivity index (χ3v) is 4.24. The van der Waals surface area contributed by atoms with E-state index in [1.54, 1.807) is 0 Å². The minimum Gasteiger partial charge on any atom is -0.469 e. The molecule has 0 saturated carbocycles. The number of carbonyl (C=O) groups excluding carboxylic acids is 1. The normalized spacial score (nSPS) is 21.8. The van der Waals surface area contributed by atoms with Gasteiger partial charge < -0.3 is 19.0 Å². The maximum atomic E-state index is 11.6. The van der Waals surface area contributed by atoms with Crippen LogP contribution in [0.1, 0.15) is 45.6 Å². The van der Waals surface area contributed by atoms with E-state index in [1.807, 2.05) is 46.0 Å². The summed E-state index contributed by atoms with van der Waals surface area (Å²) in [6.45, 7) is 7.99. The molecule has 1 atom stereocenters. The molecule has 0 aliphatic carbocycles. The van der Waals surface area contributed by atoms with Crippen LogP contribution in [0.25, 0.3) is 0 Å². The number of ether oxygens (including phenoxy) is 1. The Balaban J connectivity index is 2.23. The molecule has 1 aromatic heterocycles. The first kappa shape index (κ1) is 15.1. The summed E-state index contributed by atoms with van der Waals surface area (Å²) in [5.41, 5.74) is 0.0750. The van der Waals surface area contributed by atoms with Gasteiger partial charge >= 0.3 is 13.1 Å². The molecule has 1 saturated heterocycles. The van der Waals surface area contributed by atoms with E-state index in [-0.39, 0.29) is 18.2 Å². The van der Waals surface area contributed by atoms with Gasteiger partial charge in [0.2, 0.25) is 0 Å². The van der Waals surface area contributed by atoms with E-state index < -0.39 is 18.3 Å². The third kappa shape index (κ3) is 2.76. The highest BCUT2D eigenvalue weighted by Crippen LogP contribution is 2.41. The molecule has 1 unspecified atom stereocenters. The van der Waals surface area contributed by atoms with Gasteiger partial charge in [0.25, 0.3) is 0 Å². The summed E-state index contributed by atoms with van der Waals surface area (Å²) in [6, 6.07) is 3.82. The van der Waals surface area contributed by atoms with Crippen molar-refractivity contribution >= 4 is 13.1 Å². The first-order valence-corrected chi connectivity index (χ1v) is 6.82. The second-order valence-corrected chi connectivity index (χ2v) is 6.14. The lowest BCUT2D eigenvalue weighted by atomic mass is 9.68. The quantitative estimate of drug-likeness (QED) is 0.678. The van der Waals surface area contributed by atoms with Crippen LogP contribution in [-0.4, -0.2) is 36.4 Å². The van der Waals surface area contributed by atoms with Crippen molar-refractivity contribution in [2.45, 2.75) is 51.1 Å². The monoisotopic (exact) mass is 279 g/mol. The van der Waals surface area contributed by atoms with Gasteiger partial charge in [0.05, 0.1) is 24.7 Å². The molecule has 0 bridgehead atoms. The SMILES string of the molecule is COC(=O)CC(B1OC(C)(C)C(C)(C)O1)c1ccc[nH]1. The number of aromatic nitrogens is 1. The lowest BCUT2D eigenvalue weighted by molar-refractivity contribution is -0.140. The first-order chi connectivity index (χ1) is 9.27. The molecule has 1 aliphatic heterocycles. The summed E-state index contributed by atoms with van der Waals surface area (Å²) in [5, 5.41) is 0. The molecule has 0 spiro atoms. The molecular weight excluding hydrogens is 257 g/mol. The van der Waals surface area contributed by atoms with Gasteiger partial charge in [-0.2, -0.15) is 0 Å². The zero-order valence-electron chi connectivity index (χ0n) is 12.7. The molecule has 110 valence electrons. The van der Waals surface area contributed by atoms with Crippen molar-refractivity contribution in [1.82, 2.24) is 4.98 Å². The third-order valence-electron chi connectivity index (χ3n) is 4.24. The Bertz CT molecular complexity index is 454. The van der Waals surface area contributed by atoms with Crippen LogP contribution in [-0.2, 0) is 18.8 Å². The Morgan fingerprint density at radius 1 is 1.35 bits per heavy atom. The summed E-state index contributed by atoms with van der Waals surface area (Å²) < 4.78 is 16.9. The molecule has 20 heavy (non-hydrogen) atoms. The predicted octanol–water partition coefficient (Wildman–Crippen LogP) is 2.29. The molecule has 2 heterocycles. The highest BCUT2D eigenvalue weighted by atomic mass is 16.7. The average molecular weight is 279 g/mol. The van der Waals surface area contributed by atoms with Gasteiger partial charge in [0.1, 0.15) is 0 Å². The van der Waals surface area contributed by atoms with Gasteiger partial charge in [0.15, 0.2) is 0 Å². The summed E-state index contributed by atoms with van der Waals surface area (Å²) in [7, 11) is 0.913. The van der Waals surface area contributed by atoms with Gasteiger partial charge in [-0.3, -0.25) is 4.79 Å². The van der Waals surface area contributed by atoms with Crippen LogP contribution in [0.3, 0.4) is 0 Å². The van der Waals surface area contributed by atoms with Gasteiger partial charge in [-0.25, -0.2) is 0 Å². The fraction of sp³-hybridized carbons (Fsp3) is 0.643. The van der Waals surface area contributed by atoms with E-state index in [0.29, 0.717) is 0 Å². The van der Waals surface area contributed by atoms with Gasteiger partial charge in [-0.1, -0.05) is 0 Å². The number of hydrogen-bond donors (Lipinski definition) is 1. The highest BCUT2D eigenvalue weighted by molar-refractivity contribution is 6.48. The van der Waals surface area contributed by atoms with E-state index in [9.17, 15) is 4.79 Å². The smallest absolute Gasteiger partial charge is 0.467 e. The van der Waals surface area contributed by atoms with Crippen LogP contribution < -0.4 is 0 Å². The number of hydrogen-bond acceptors (Lipinski definition) is 4. The van der Waals surface area contributed by atoms with E-state index in [0.717, 1.165) is 5.69 Å². The van der Waals surface area contributed by atoms with Crippen LogP contribution in [0, 0.1) is 0 Å². The lowest BCUT2D eigenvalue weighted by Gasteiger charge is -2.32. The van der Waals surface area contributed by atoms with Gasteiger partial charge in [0, 0.05) is 17.7 Å². The fourth-order valence-electron chi connectivity index (χ4n) is 2.24. The number of methoxy groups -OCH3 is 1. The fourth-order valence-corrected chi connectivity index (χ4v) is 2.24. The van der Waals surface area contributed by atoms with E-state index in [4.69, 9.17) is 14.0 Å². The molecule has 1 N–H and O–H groups in total. The molecule has 0 aromatic carbocycles. The topological polar surface area (TPSA) is 60.6 Å². The molecule has 1 aliphatic rings. The maximum Gasteiger partial charge on any atom is 0.467 e. The Kier molecular flexibility index (Phi) is 3.98. The van der Waals surface area contributed by atoms with Crippen LogP contribution in [0.2, 0.25) is 0 Å². The van der Waals surface area contributed by atoms with Gasteiger partial charge in [-0.05, 0) is 39.8 Å². The minimum atomic E-state index is -0.474. The van der Waals surface area contributed by atoms with Crippen molar-refractivity contribution in [1.29, 1.82) is 0 Å². The van der Waals surface area contributed by atoms with Crippen molar-refractivity contribution < 1.29 is 18.8 Å². The zero-order chi connectivity index (χ0) is 15.0. The molecule has 1 fully saturated rings. The second-order valence-electron chi connectivity index (χ2n) is 6.14. The number of esters is 1. The maximum absolute atomic E-state index is 11.6. The standard InChI is InChI=1S/C14H22BNO4/c1-13(2)14(3,4)20-15(19-13)10(9-12(17)18-5)11-7-6-8-16-11/h6-8,10,16H,9H2,1-5H3. The largest absolute Gasteiger partial charge is 0.469 e. The Morgan fingerprint density at radius 3 is 2.40 bits per heavy atom. The Labute approximate surface area is 120 Å². The zero-order valence-corrected chi connectivity index (χ0v) is 12.7. The van der Waals surface area contributed by atoms with Crippen molar-refractivity contribution in [3.8, 4) is 0 Å². The summed E-state index contributed by atoms with van der Waals surface area (Å²) >= 11 is 0. The van der Waals surface area contributed by atoms with Crippen molar-refractivity contribution in [2.24, 2.45) is 0 Å². The second kappa shape index (κ2) is 5.26. The van der Waals surface area contributed by atoms with Crippen molar-refractivity contribution in [2.75, 3.05) is 7.11 Å². The van der Waals surface area contributed by atoms with E-state index >= 15 is 0 Å². The van der Waals surface area contributed by atoms with Crippen LogP contribution in [0.5, 0.6) is 0 Å².